The van der Waals surface area contributed by atoms with Gasteiger partial charge in [0.2, 0.25) is 0 Å². The molecule has 0 aromatic heterocycles. The topological polar surface area (TPSA) is 44.8 Å². The van der Waals surface area contributed by atoms with Gasteiger partial charge in [-0.2, -0.15) is 0 Å². The van der Waals surface area contributed by atoms with Crippen molar-refractivity contribution in [2.45, 2.75) is 63.5 Å². The standard InChI is InChI=1S/C21H29N3O2S/c25-20(23-13-7-2-8-14-23)19-15-24(17-11-5-6-12-18(17)26-19)21(27)22-16-9-3-1-4-10-16/h5-6,11-12,16,19H,1-4,7-10,13-15H2,(H,22,27)/t19-/m1/s1. The number of likely N-dealkylation sites (tertiary alicyclic amines) is 1. The van der Waals surface area contributed by atoms with Gasteiger partial charge in [0.05, 0.1) is 12.2 Å². The highest BCUT2D eigenvalue weighted by atomic mass is 32.1. The molecule has 0 spiro atoms. The molecule has 2 fully saturated rings. The third-order valence-corrected chi connectivity index (χ3v) is 6.23. The van der Waals surface area contributed by atoms with Crippen LogP contribution in [0.2, 0.25) is 0 Å². The first-order valence-electron chi connectivity index (χ1n) is 10.3. The predicted octanol–water partition coefficient (Wildman–Crippen LogP) is 3.47. The second-order valence-electron chi connectivity index (χ2n) is 7.86. The minimum Gasteiger partial charge on any atom is -0.476 e. The Balaban J connectivity index is 1.50. The SMILES string of the molecule is O=C([C@H]1CN(C(=S)NC2CCCCC2)c2ccccc2O1)N1CCCCC1. The molecule has 2 heterocycles. The van der Waals surface area contributed by atoms with Crippen LogP contribution in [-0.4, -0.2) is 47.7 Å². The Morgan fingerprint density at radius 1 is 1.04 bits per heavy atom. The number of rotatable bonds is 2. The molecule has 3 aliphatic rings. The summed E-state index contributed by atoms with van der Waals surface area (Å²) in [6.45, 7) is 2.15. The number of nitrogens with one attached hydrogen (secondary N) is 1. The molecule has 4 rings (SSSR count). The summed E-state index contributed by atoms with van der Waals surface area (Å²) >= 11 is 5.76. The van der Waals surface area contributed by atoms with E-state index in [4.69, 9.17) is 17.0 Å². The van der Waals surface area contributed by atoms with Crippen LogP contribution in [0.1, 0.15) is 51.4 Å². The van der Waals surface area contributed by atoms with Gasteiger partial charge in [0.25, 0.3) is 5.91 Å². The second kappa shape index (κ2) is 8.46. The number of hydrogen-bond acceptors (Lipinski definition) is 3. The Kier molecular flexibility index (Phi) is 5.81. The number of para-hydroxylation sites is 2. The number of thiocarbonyl (C=S) groups is 1. The highest BCUT2D eigenvalue weighted by molar-refractivity contribution is 7.80. The van der Waals surface area contributed by atoms with Crippen LogP contribution in [-0.2, 0) is 4.79 Å². The van der Waals surface area contributed by atoms with Gasteiger partial charge in [0.15, 0.2) is 11.2 Å². The van der Waals surface area contributed by atoms with E-state index in [9.17, 15) is 4.79 Å². The molecule has 6 heteroatoms. The maximum atomic E-state index is 13.0. The van der Waals surface area contributed by atoms with E-state index in [0.29, 0.717) is 17.7 Å². The third kappa shape index (κ3) is 4.21. The zero-order valence-electron chi connectivity index (χ0n) is 15.9. The van der Waals surface area contributed by atoms with Gasteiger partial charge in [0.1, 0.15) is 5.75 Å². The monoisotopic (exact) mass is 387 g/mol. The van der Waals surface area contributed by atoms with Crippen LogP contribution in [0.4, 0.5) is 5.69 Å². The van der Waals surface area contributed by atoms with Crippen LogP contribution in [0.5, 0.6) is 5.75 Å². The van der Waals surface area contributed by atoms with Crippen LogP contribution in [0.3, 0.4) is 0 Å². The molecule has 0 radical (unpaired) electrons. The summed E-state index contributed by atoms with van der Waals surface area (Å²) < 4.78 is 6.10. The molecule has 5 nitrogen and oxygen atoms in total. The third-order valence-electron chi connectivity index (χ3n) is 5.89. The lowest BCUT2D eigenvalue weighted by atomic mass is 9.96. The lowest BCUT2D eigenvalue weighted by molar-refractivity contribution is -0.139. The van der Waals surface area contributed by atoms with E-state index in [-0.39, 0.29) is 5.91 Å². The van der Waals surface area contributed by atoms with E-state index >= 15 is 0 Å². The number of benzene rings is 1. The molecule has 1 aliphatic carbocycles. The minimum absolute atomic E-state index is 0.0923. The van der Waals surface area contributed by atoms with Gasteiger partial charge < -0.3 is 19.9 Å². The van der Waals surface area contributed by atoms with Gasteiger partial charge in [-0.1, -0.05) is 31.4 Å². The molecule has 1 saturated carbocycles. The Labute approximate surface area is 167 Å². The van der Waals surface area contributed by atoms with E-state index in [1.165, 1.54) is 38.5 Å². The Morgan fingerprint density at radius 3 is 2.52 bits per heavy atom. The van der Waals surface area contributed by atoms with Crippen LogP contribution in [0, 0.1) is 0 Å². The Bertz CT molecular complexity index is 684. The van der Waals surface area contributed by atoms with E-state index in [1.54, 1.807) is 0 Å². The van der Waals surface area contributed by atoms with Crippen LogP contribution < -0.4 is 15.0 Å². The Morgan fingerprint density at radius 2 is 1.74 bits per heavy atom. The maximum Gasteiger partial charge on any atom is 0.265 e. The van der Waals surface area contributed by atoms with Gasteiger partial charge in [-0.15, -0.1) is 0 Å². The summed E-state index contributed by atoms with van der Waals surface area (Å²) in [5.74, 6) is 0.835. The summed E-state index contributed by atoms with van der Waals surface area (Å²) in [6, 6.07) is 8.33. The number of piperidine rings is 1. The minimum atomic E-state index is -0.496. The van der Waals surface area contributed by atoms with Gasteiger partial charge in [-0.05, 0) is 56.5 Å². The van der Waals surface area contributed by atoms with Gasteiger partial charge >= 0.3 is 0 Å². The molecule has 27 heavy (non-hydrogen) atoms. The molecular weight excluding hydrogens is 358 g/mol. The van der Waals surface area contributed by atoms with Crippen molar-refractivity contribution in [2.24, 2.45) is 0 Å². The maximum absolute atomic E-state index is 13.0. The number of carbonyl (C=O) groups excluding carboxylic acids is 1. The molecule has 1 amide bonds. The number of anilines is 1. The van der Waals surface area contributed by atoms with Crippen molar-refractivity contribution in [3.05, 3.63) is 24.3 Å². The fourth-order valence-electron chi connectivity index (χ4n) is 4.37. The molecular formula is C21H29N3O2S. The van der Waals surface area contributed by atoms with E-state index in [2.05, 4.69) is 10.2 Å². The summed E-state index contributed by atoms with van der Waals surface area (Å²) in [5.41, 5.74) is 0.952. The average Bonchev–Trinajstić information content (AvgIpc) is 2.73. The molecule has 0 unspecified atom stereocenters. The number of hydrogen-bond donors (Lipinski definition) is 1. The quantitative estimate of drug-likeness (QED) is 0.787. The number of ether oxygens (including phenoxy) is 1. The molecule has 1 saturated heterocycles. The second-order valence-corrected chi connectivity index (χ2v) is 8.24. The van der Waals surface area contributed by atoms with Gasteiger partial charge in [-0.3, -0.25) is 4.79 Å². The number of nitrogens with zero attached hydrogens (tertiary/aromatic N) is 2. The fourth-order valence-corrected chi connectivity index (χ4v) is 4.71. The largest absolute Gasteiger partial charge is 0.476 e. The number of carbonyl (C=O) groups is 1. The van der Waals surface area contributed by atoms with Crippen LogP contribution >= 0.6 is 12.2 Å². The van der Waals surface area contributed by atoms with Crippen LogP contribution in [0.25, 0.3) is 0 Å². The van der Waals surface area contributed by atoms with E-state index in [1.807, 2.05) is 29.2 Å². The summed E-state index contributed by atoms with van der Waals surface area (Å²) in [6.07, 6.45) is 9.05. The highest BCUT2D eigenvalue weighted by Crippen LogP contribution is 2.34. The molecule has 0 bridgehead atoms. The highest BCUT2D eigenvalue weighted by Gasteiger charge is 2.35. The van der Waals surface area contributed by atoms with Crippen molar-refractivity contribution < 1.29 is 9.53 Å². The Hall–Kier alpha value is -1.82. The first-order chi connectivity index (χ1) is 13.2. The molecule has 1 aromatic rings. The van der Waals surface area contributed by atoms with Crippen molar-refractivity contribution in [1.29, 1.82) is 0 Å². The first kappa shape index (κ1) is 18.5. The number of fused-ring (bicyclic) bond motifs is 1. The molecule has 1 N–H and O–H groups in total. The van der Waals surface area contributed by atoms with E-state index < -0.39 is 6.10 Å². The molecule has 1 atom stereocenters. The van der Waals surface area contributed by atoms with Crippen molar-refractivity contribution in [3.8, 4) is 5.75 Å². The molecule has 146 valence electrons. The summed E-state index contributed by atoms with van der Waals surface area (Å²) in [7, 11) is 0. The predicted molar refractivity (Wildman–Crippen MR) is 111 cm³/mol. The lowest BCUT2D eigenvalue weighted by Gasteiger charge is -2.39. The fraction of sp³-hybridized carbons (Fsp3) is 0.619. The summed E-state index contributed by atoms with van der Waals surface area (Å²) in [4.78, 5) is 17.1. The molecule has 2 aliphatic heterocycles. The first-order valence-corrected chi connectivity index (χ1v) is 10.8. The van der Waals surface area contributed by atoms with Crippen molar-refractivity contribution in [2.75, 3.05) is 24.5 Å². The zero-order valence-corrected chi connectivity index (χ0v) is 16.7. The summed E-state index contributed by atoms with van der Waals surface area (Å²) in [5, 5.41) is 4.26. The number of amides is 1. The normalized spacial score (nSPS) is 23.3. The average molecular weight is 388 g/mol. The van der Waals surface area contributed by atoms with Gasteiger partial charge in [-0.25, -0.2) is 0 Å². The van der Waals surface area contributed by atoms with Crippen LogP contribution in [0.15, 0.2) is 24.3 Å². The zero-order chi connectivity index (χ0) is 18.6. The smallest absolute Gasteiger partial charge is 0.265 e. The van der Waals surface area contributed by atoms with Crippen molar-refractivity contribution in [3.63, 3.8) is 0 Å². The molecule has 1 aromatic carbocycles. The van der Waals surface area contributed by atoms with E-state index in [0.717, 1.165) is 37.4 Å². The van der Waals surface area contributed by atoms with Crippen molar-refractivity contribution in [1.82, 2.24) is 10.2 Å². The van der Waals surface area contributed by atoms with Gasteiger partial charge in [0, 0.05) is 19.1 Å². The van der Waals surface area contributed by atoms with Crippen molar-refractivity contribution >= 4 is 28.9 Å². The lowest BCUT2D eigenvalue weighted by Crippen LogP contribution is -2.55.